The number of likely N-dealkylation sites (tertiary alicyclic amines) is 3. The van der Waals surface area contributed by atoms with Crippen LogP contribution >= 0.6 is 0 Å². The van der Waals surface area contributed by atoms with E-state index in [9.17, 15) is 38.0 Å². The van der Waals surface area contributed by atoms with Crippen molar-refractivity contribution >= 4 is 52.9 Å². The maximum absolute atomic E-state index is 13.6. The molecule has 4 N–H and O–H groups in total. The largest absolute Gasteiger partial charge is 0.484 e. The van der Waals surface area contributed by atoms with Gasteiger partial charge in [0.15, 0.2) is 18.1 Å². The molecule has 0 bridgehead atoms. The Kier molecular flexibility index (Phi) is 14.4. The molecule has 6 amide bonds. The van der Waals surface area contributed by atoms with Gasteiger partial charge < -0.3 is 35.2 Å². The fraction of sp³-hybridized carbons (Fsp3) is 0.429. The number of nitrogens with two attached hydrogens (primary N) is 1. The first-order valence-electron chi connectivity index (χ1n) is 26.5. The number of benzene rings is 3. The molecule has 3 aromatic carbocycles. The number of esters is 1. The van der Waals surface area contributed by atoms with Gasteiger partial charge in [0.25, 0.3) is 23.6 Å². The van der Waals surface area contributed by atoms with Crippen LogP contribution in [0.25, 0.3) is 11.3 Å². The van der Waals surface area contributed by atoms with Gasteiger partial charge in [-0.05, 0) is 125 Å². The van der Waals surface area contributed by atoms with E-state index in [1.165, 1.54) is 68.3 Å². The van der Waals surface area contributed by atoms with Crippen LogP contribution in [0.2, 0.25) is 0 Å². The van der Waals surface area contributed by atoms with Gasteiger partial charge in [0, 0.05) is 68.2 Å². The number of nitrogens with one attached hydrogen (secondary N) is 2. The van der Waals surface area contributed by atoms with E-state index in [2.05, 4.69) is 30.4 Å². The van der Waals surface area contributed by atoms with Gasteiger partial charge in [-0.15, -0.1) is 0 Å². The summed E-state index contributed by atoms with van der Waals surface area (Å²) in [4.78, 5) is 107. The Hall–Kier alpha value is -7.91. The number of piperidine rings is 4. The lowest BCUT2D eigenvalue weighted by molar-refractivity contribution is -0.136. The monoisotopic (exact) mass is 1050 g/mol. The summed E-state index contributed by atoms with van der Waals surface area (Å²) in [6.07, 6.45) is 12.5. The molecule has 1 unspecified atom stereocenters. The molecule has 21 heteroatoms. The molecular weight excluding hydrogens is 990 g/mol. The first kappa shape index (κ1) is 51.2. The number of aromatic nitrogens is 4. The first-order valence-corrected chi connectivity index (χ1v) is 26.5. The van der Waals surface area contributed by atoms with Crippen LogP contribution in [0, 0.1) is 17.2 Å². The summed E-state index contributed by atoms with van der Waals surface area (Å²) in [5.74, 6) is -3.85. The van der Waals surface area contributed by atoms with Crippen molar-refractivity contribution in [3.8, 4) is 17.0 Å². The molecular formula is C56H60FN11O9. The van der Waals surface area contributed by atoms with Gasteiger partial charge in [-0.1, -0.05) is 30.3 Å². The van der Waals surface area contributed by atoms with Crippen molar-refractivity contribution in [2.24, 2.45) is 11.3 Å². The number of nitrogens with zero attached hydrogens (tertiary/aromatic N) is 8. The molecule has 5 aromatic rings. The number of rotatable bonds is 14. The standard InChI is InChI=1S/C56H60FN11O9/c57-37-6-8-38(9-7-37)61-52(72)49(35-4-2-1-3-5-35)77-55(75)48-50(58)59-30-44(62-48)36-29-60-67(32-36)39-16-22-65(23-17-39)40-27-56(28-40)18-24-64(25-19-56)31-34-14-20-66(21-15-34)47(70)33-76-41-10-11-42-43(26-41)54(74)68(53(42)73)45-12-13-46(69)63-51(45)71/h1-11,26,29-30,32,34,39-40,45,49H,12-25,27-28,31,33H2,(H2,58,59)(H,61,72)(H,63,69,71)/t45?,49-/m1/s1. The van der Waals surface area contributed by atoms with Gasteiger partial charge in [-0.2, -0.15) is 5.10 Å². The number of hydrogen-bond donors (Lipinski definition) is 3. The quantitative estimate of drug-likeness (QED) is 0.0956. The second-order valence-electron chi connectivity index (χ2n) is 21.3. The van der Waals surface area contributed by atoms with E-state index in [-0.39, 0.29) is 59.8 Å². The molecule has 400 valence electrons. The number of fused-ring (bicyclic) bond motifs is 1. The highest BCUT2D eigenvalue weighted by Crippen LogP contribution is 2.52. The maximum atomic E-state index is 13.6. The zero-order chi connectivity index (χ0) is 53.4. The Labute approximate surface area is 443 Å². The third-order valence-electron chi connectivity index (χ3n) is 16.5. The first-order chi connectivity index (χ1) is 37.3. The normalized spacial score (nSPS) is 20.9. The Morgan fingerprint density at radius 1 is 0.831 bits per heavy atom. The average molecular weight is 1050 g/mol. The van der Waals surface area contributed by atoms with Gasteiger partial charge in [0.2, 0.25) is 17.9 Å². The second-order valence-corrected chi connectivity index (χ2v) is 21.3. The fourth-order valence-electron chi connectivity index (χ4n) is 12.0. The molecule has 11 rings (SSSR count). The minimum absolute atomic E-state index is 0.0369. The summed E-state index contributed by atoms with van der Waals surface area (Å²) in [5.41, 5.74) is 8.37. The molecule has 7 heterocycles. The smallest absolute Gasteiger partial charge is 0.361 e. The van der Waals surface area contributed by atoms with E-state index in [4.69, 9.17) is 20.3 Å². The van der Waals surface area contributed by atoms with Gasteiger partial charge >= 0.3 is 5.97 Å². The summed E-state index contributed by atoms with van der Waals surface area (Å²) < 4.78 is 27.1. The summed E-state index contributed by atoms with van der Waals surface area (Å²) >= 11 is 0. The molecule has 1 saturated carbocycles. The number of halogens is 1. The van der Waals surface area contributed by atoms with Crippen LogP contribution in [0.15, 0.2) is 91.4 Å². The lowest BCUT2D eigenvalue weighted by atomic mass is 9.59. The van der Waals surface area contributed by atoms with E-state index < -0.39 is 53.5 Å². The van der Waals surface area contributed by atoms with Crippen molar-refractivity contribution < 1.29 is 47.4 Å². The molecule has 5 fully saturated rings. The number of anilines is 2. The Morgan fingerprint density at radius 2 is 1.56 bits per heavy atom. The number of ether oxygens (including phenoxy) is 2. The molecule has 2 atom stereocenters. The van der Waals surface area contributed by atoms with Crippen LogP contribution in [0.3, 0.4) is 0 Å². The third-order valence-corrected chi connectivity index (χ3v) is 16.5. The SMILES string of the molecule is Nc1ncc(-c2cnn(C3CCN(C4CC5(CCN(CC6CCN(C(=O)COc7ccc8c(c7)C(=O)N(C7CCC(=O)NC7=O)C8=O)CC6)CC5)C4)CC3)c2)nc1C(=O)O[C@@H](C(=O)Nc1ccc(F)cc1)c1ccccc1. The van der Waals surface area contributed by atoms with Crippen LogP contribution in [0.4, 0.5) is 15.9 Å². The second kappa shape index (κ2) is 21.6. The van der Waals surface area contributed by atoms with Crippen molar-refractivity contribution in [1.29, 1.82) is 0 Å². The van der Waals surface area contributed by atoms with Crippen LogP contribution in [0.1, 0.15) is 113 Å². The van der Waals surface area contributed by atoms with Crippen LogP contribution in [-0.4, -0.2) is 145 Å². The Bertz CT molecular complexity index is 3090. The minimum Gasteiger partial charge on any atom is -0.484 e. The summed E-state index contributed by atoms with van der Waals surface area (Å²) in [5, 5.41) is 9.57. The number of amides is 6. The molecule has 77 heavy (non-hydrogen) atoms. The van der Waals surface area contributed by atoms with Gasteiger partial charge in [-0.25, -0.2) is 19.2 Å². The molecule has 0 radical (unpaired) electrons. The fourth-order valence-corrected chi connectivity index (χ4v) is 12.0. The summed E-state index contributed by atoms with van der Waals surface area (Å²) in [6, 6.07) is 18.0. The predicted molar refractivity (Wildman–Crippen MR) is 276 cm³/mol. The van der Waals surface area contributed by atoms with Crippen LogP contribution in [0.5, 0.6) is 5.75 Å². The van der Waals surface area contributed by atoms with Crippen LogP contribution < -0.4 is 21.1 Å². The van der Waals surface area contributed by atoms with Crippen molar-refractivity contribution in [2.75, 3.05) is 63.5 Å². The highest BCUT2D eigenvalue weighted by Gasteiger charge is 2.49. The Balaban J connectivity index is 0.597. The van der Waals surface area contributed by atoms with E-state index >= 15 is 0 Å². The molecule has 2 aromatic heterocycles. The minimum atomic E-state index is -1.36. The number of nitrogen functional groups attached to an aromatic ring is 1. The average Bonchev–Trinajstić information content (AvgIpc) is 4.18. The van der Waals surface area contributed by atoms with Crippen molar-refractivity contribution in [3.05, 3.63) is 120 Å². The number of hydrogen-bond acceptors (Lipinski definition) is 15. The van der Waals surface area contributed by atoms with Gasteiger partial charge in [0.05, 0.1) is 35.3 Å². The van der Waals surface area contributed by atoms with Crippen molar-refractivity contribution in [3.63, 3.8) is 0 Å². The van der Waals surface area contributed by atoms with Crippen molar-refractivity contribution in [1.82, 2.24) is 44.7 Å². The lowest BCUT2D eigenvalue weighted by Gasteiger charge is -2.56. The lowest BCUT2D eigenvalue weighted by Crippen LogP contribution is -2.56. The van der Waals surface area contributed by atoms with Gasteiger partial charge in [-0.3, -0.25) is 43.7 Å². The molecule has 1 spiro atoms. The van der Waals surface area contributed by atoms with E-state index in [1.807, 2.05) is 15.8 Å². The molecule has 4 saturated heterocycles. The number of carbonyl (C=O) groups is 7. The highest BCUT2D eigenvalue weighted by atomic mass is 19.1. The zero-order valence-corrected chi connectivity index (χ0v) is 42.5. The summed E-state index contributed by atoms with van der Waals surface area (Å²) in [6.45, 7) is 6.30. The zero-order valence-electron chi connectivity index (χ0n) is 42.5. The molecule has 6 aliphatic rings. The Morgan fingerprint density at radius 3 is 2.29 bits per heavy atom. The predicted octanol–water partition coefficient (Wildman–Crippen LogP) is 5.20. The molecule has 1 aliphatic carbocycles. The van der Waals surface area contributed by atoms with Crippen molar-refractivity contribution in [2.45, 2.75) is 88.4 Å². The topological polar surface area (TPSA) is 245 Å². The van der Waals surface area contributed by atoms with Crippen LogP contribution in [-0.2, 0) is 23.9 Å². The number of imide groups is 2. The van der Waals surface area contributed by atoms with E-state index in [0.29, 0.717) is 53.0 Å². The molecule has 20 nitrogen and oxygen atoms in total. The maximum Gasteiger partial charge on any atom is 0.361 e. The third kappa shape index (κ3) is 10.9. The molecule has 5 aliphatic heterocycles. The number of carbonyl (C=O) groups excluding carboxylic acids is 7. The van der Waals surface area contributed by atoms with Gasteiger partial charge in [0.1, 0.15) is 17.6 Å². The highest BCUT2D eigenvalue weighted by molar-refractivity contribution is 6.23. The van der Waals surface area contributed by atoms with E-state index in [0.717, 1.165) is 63.3 Å². The van der Waals surface area contributed by atoms with E-state index in [1.54, 1.807) is 42.6 Å². The summed E-state index contributed by atoms with van der Waals surface area (Å²) in [7, 11) is 0.